The summed E-state index contributed by atoms with van der Waals surface area (Å²) in [7, 11) is -8.07. The molecule has 0 aliphatic carbocycles. The lowest BCUT2D eigenvalue weighted by molar-refractivity contribution is 0.102. The van der Waals surface area contributed by atoms with Gasteiger partial charge in [0.15, 0.2) is 0 Å². The van der Waals surface area contributed by atoms with Gasteiger partial charge in [-0.15, -0.1) is 0 Å². The molecule has 0 aliphatic heterocycles. The van der Waals surface area contributed by atoms with Crippen LogP contribution in [0.2, 0.25) is 5.02 Å². The summed E-state index contributed by atoms with van der Waals surface area (Å²) < 4.78 is 69.3. The van der Waals surface area contributed by atoms with E-state index >= 15 is 0 Å². The molecule has 0 saturated heterocycles. The first-order valence-electron chi connectivity index (χ1n) is 11.4. The van der Waals surface area contributed by atoms with E-state index in [4.69, 9.17) is 11.6 Å². The largest absolute Gasteiger partial charge is 0.322 e. The molecule has 0 atom stereocenters. The van der Waals surface area contributed by atoms with E-state index in [2.05, 4.69) is 14.8 Å². The lowest BCUT2D eigenvalue weighted by atomic mass is 10.1. The standard InChI is InChI=1S/C27H23ClFN3O5S2/c1-17-4-3-5-25(18(17)2)32-39(36,37)26-16-19(6-15-24(26)28)27(33)30-21-11-13-23(14-12-21)38(34,35)31-22-9-7-20(29)8-10-22/h3-16,31-32H,1-2H3,(H,30,33). The lowest BCUT2D eigenvalue weighted by Crippen LogP contribution is -2.17. The monoisotopic (exact) mass is 587 g/mol. The van der Waals surface area contributed by atoms with Gasteiger partial charge in [0.1, 0.15) is 10.7 Å². The fourth-order valence-corrected chi connectivity index (χ4v) is 6.27. The van der Waals surface area contributed by atoms with Crippen molar-refractivity contribution in [2.24, 2.45) is 0 Å². The van der Waals surface area contributed by atoms with E-state index in [1.165, 1.54) is 48.5 Å². The highest BCUT2D eigenvalue weighted by molar-refractivity contribution is 7.93. The molecule has 4 aromatic carbocycles. The van der Waals surface area contributed by atoms with Gasteiger partial charge in [0.2, 0.25) is 0 Å². The predicted octanol–water partition coefficient (Wildman–Crippen LogP) is 5.95. The average Bonchev–Trinajstić information content (AvgIpc) is 2.88. The predicted molar refractivity (Wildman–Crippen MR) is 150 cm³/mol. The number of hydrogen-bond acceptors (Lipinski definition) is 5. The topological polar surface area (TPSA) is 121 Å². The van der Waals surface area contributed by atoms with Crippen LogP contribution in [0.4, 0.5) is 21.5 Å². The van der Waals surface area contributed by atoms with Crippen LogP contribution >= 0.6 is 11.6 Å². The number of rotatable bonds is 8. The maximum Gasteiger partial charge on any atom is 0.263 e. The van der Waals surface area contributed by atoms with E-state index in [9.17, 15) is 26.0 Å². The number of nitrogens with one attached hydrogen (secondary N) is 3. The van der Waals surface area contributed by atoms with Crippen LogP contribution in [0.15, 0.2) is 94.7 Å². The number of amides is 1. The molecule has 0 fully saturated rings. The average molecular weight is 588 g/mol. The molecule has 8 nitrogen and oxygen atoms in total. The quantitative estimate of drug-likeness (QED) is 0.235. The minimum atomic E-state index is -4.12. The second-order valence-electron chi connectivity index (χ2n) is 8.59. The molecule has 0 spiro atoms. The zero-order chi connectivity index (χ0) is 28.4. The third kappa shape index (κ3) is 6.56. The molecule has 0 saturated carbocycles. The molecule has 4 rings (SSSR count). The third-order valence-electron chi connectivity index (χ3n) is 5.85. The fourth-order valence-electron chi connectivity index (χ4n) is 3.56. The summed E-state index contributed by atoms with van der Waals surface area (Å²) in [6, 6.07) is 19.2. The normalized spacial score (nSPS) is 11.6. The third-order valence-corrected chi connectivity index (χ3v) is 9.10. The van der Waals surface area contributed by atoms with Crippen molar-refractivity contribution < 1.29 is 26.0 Å². The van der Waals surface area contributed by atoms with E-state index in [1.54, 1.807) is 19.1 Å². The molecule has 3 N–H and O–H groups in total. The van der Waals surface area contributed by atoms with Crippen LogP contribution in [0.25, 0.3) is 0 Å². The van der Waals surface area contributed by atoms with Gasteiger partial charge >= 0.3 is 0 Å². The number of anilines is 3. The lowest BCUT2D eigenvalue weighted by Gasteiger charge is -2.14. The Morgan fingerprint density at radius 3 is 2.08 bits per heavy atom. The molecule has 0 heterocycles. The number of hydrogen-bond donors (Lipinski definition) is 3. The molecule has 0 aromatic heterocycles. The van der Waals surface area contributed by atoms with Crippen LogP contribution in [0.3, 0.4) is 0 Å². The summed E-state index contributed by atoms with van der Waals surface area (Å²) in [4.78, 5) is 12.5. The van der Waals surface area contributed by atoms with Gasteiger partial charge in [-0.2, -0.15) is 0 Å². The van der Waals surface area contributed by atoms with Crippen LogP contribution in [-0.2, 0) is 20.0 Å². The molecule has 0 bridgehead atoms. The van der Waals surface area contributed by atoms with Crippen LogP contribution in [-0.4, -0.2) is 22.7 Å². The van der Waals surface area contributed by atoms with E-state index in [1.807, 2.05) is 13.0 Å². The second kappa shape index (κ2) is 11.0. The van der Waals surface area contributed by atoms with Gasteiger partial charge < -0.3 is 5.32 Å². The van der Waals surface area contributed by atoms with E-state index in [0.29, 0.717) is 5.69 Å². The van der Waals surface area contributed by atoms with E-state index < -0.39 is 31.8 Å². The highest BCUT2D eigenvalue weighted by Gasteiger charge is 2.22. The molecular weight excluding hydrogens is 565 g/mol. The SMILES string of the molecule is Cc1cccc(NS(=O)(=O)c2cc(C(=O)Nc3ccc(S(=O)(=O)Nc4ccc(F)cc4)cc3)ccc2Cl)c1C. The highest BCUT2D eigenvalue weighted by Crippen LogP contribution is 2.28. The molecular formula is C27H23ClFN3O5S2. The van der Waals surface area contributed by atoms with Crippen molar-refractivity contribution in [3.63, 3.8) is 0 Å². The Kier molecular flexibility index (Phi) is 7.96. The number of aryl methyl sites for hydroxylation is 1. The van der Waals surface area contributed by atoms with Crippen LogP contribution < -0.4 is 14.8 Å². The molecule has 4 aromatic rings. The van der Waals surface area contributed by atoms with Crippen molar-refractivity contribution in [1.29, 1.82) is 0 Å². The number of carbonyl (C=O) groups excluding carboxylic acids is 1. The maximum atomic E-state index is 13.1. The van der Waals surface area contributed by atoms with Crippen LogP contribution in [0.1, 0.15) is 21.5 Å². The molecule has 0 aliphatic rings. The van der Waals surface area contributed by atoms with Crippen molar-refractivity contribution >= 4 is 54.6 Å². The summed E-state index contributed by atoms with van der Waals surface area (Å²) >= 11 is 6.18. The summed E-state index contributed by atoms with van der Waals surface area (Å²) in [5.74, 6) is -1.13. The molecule has 202 valence electrons. The molecule has 0 unspecified atom stereocenters. The van der Waals surface area contributed by atoms with Crippen molar-refractivity contribution in [2.45, 2.75) is 23.6 Å². The Morgan fingerprint density at radius 1 is 0.769 bits per heavy atom. The maximum absolute atomic E-state index is 13.1. The zero-order valence-electron chi connectivity index (χ0n) is 20.7. The smallest absolute Gasteiger partial charge is 0.263 e. The van der Waals surface area contributed by atoms with Crippen molar-refractivity contribution in [3.05, 3.63) is 112 Å². The first kappa shape index (κ1) is 28.1. The fraction of sp³-hybridized carbons (Fsp3) is 0.0741. The van der Waals surface area contributed by atoms with Gasteiger partial charge in [0.05, 0.1) is 15.6 Å². The summed E-state index contributed by atoms with van der Waals surface area (Å²) in [5.41, 5.74) is 2.53. The Labute approximate surface area is 230 Å². The van der Waals surface area contributed by atoms with Crippen LogP contribution in [0, 0.1) is 19.7 Å². The zero-order valence-corrected chi connectivity index (χ0v) is 23.1. The molecule has 0 radical (unpaired) electrons. The van der Waals surface area contributed by atoms with Crippen molar-refractivity contribution in [1.82, 2.24) is 0 Å². The van der Waals surface area contributed by atoms with Gasteiger partial charge in [-0.25, -0.2) is 21.2 Å². The summed E-state index contributed by atoms with van der Waals surface area (Å²) in [5, 5.41) is 2.54. The first-order chi connectivity index (χ1) is 18.4. The van der Waals surface area contributed by atoms with Gasteiger partial charge in [-0.05, 0) is 97.8 Å². The number of benzene rings is 4. The summed E-state index contributed by atoms with van der Waals surface area (Å²) in [6.07, 6.45) is 0. The van der Waals surface area contributed by atoms with Crippen molar-refractivity contribution in [2.75, 3.05) is 14.8 Å². The van der Waals surface area contributed by atoms with Crippen LogP contribution in [0.5, 0.6) is 0 Å². The van der Waals surface area contributed by atoms with Crippen molar-refractivity contribution in [3.8, 4) is 0 Å². The highest BCUT2D eigenvalue weighted by atomic mass is 35.5. The second-order valence-corrected chi connectivity index (χ2v) is 12.3. The molecule has 1 amide bonds. The minimum Gasteiger partial charge on any atom is -0.322 e. The Morgan fingerprint density at radius 2 is 1.41 bits per heavy atom. The van der Waals surface area contributed by atoms with Gasteiger partial charge in [0.25, 0.3) is 26.0 Å². The first-order valence-corrected chi connectivity index (χ1v) is 14.8. The Bertz CT molecular complexity index is 1760. The van der Waals surface area contributed by atoms with E-state index in [0.717, 1.165) is 29.3 Å². The number of sulfonamides is 2. The minimum absolute atomic E-state index is 0.0235. The van der Waals surface area contributed by atoms with E-state index in [-0.39, 0.29) is 31.8 Å². The number of carbonyl (C=O) groups is 1. The Hall–Kier alpha value is -3.93. The van der Waals surface area contributed by atoms with Gasteiger partial charge in [-0.1, -0.05) is 23.7 Å². The summed E-state index contributed by atoms with van der Waals surface area (Å²) in [6.45, 7) is 3.64. The Balaban J connectivity index is 1.51. The molecule has 39 heavy (non-hydrogen) atoms. The van der Waals surface area contributed by atoms with Gasteiger partial charge in [0, 0.05) is 16.9 Å². The molecule has 12 heteroatoms. The number of halogens is 2. The van der Waals surface area contributed by atoms with Gasteiger partial charge in [-0.3, -0.25) is 14.2 Å².